The summed E-state index contributed by atoms with van der Waals surface area (Å²) < 4.78 is 5.77. The highest BCUT2D eigenvalue weighted by Gasteiger charge is 2.54. The van der Waals surface area contributed by atoms with Crippen LogP contribution in [-0.4, -0.2) is 44.3 Å². The zero-order valence-electron chi connectivity index (χ0n) is 19.5. The van der Waals surface area contributed by atoms with Crippen LogP contribution in [0.2, 0.25) is 10.0 Å². The zero-order chi connectivity index (χ0) is 25.3. The summed E-state index contributed by atoms with van der Waals surface area (Å²) in [6, 6.07) is 5.82. The van der Waals surface area contributed by atoms with Gasteiger partial charge in [-0.25, -0.2) is 9.78 Å². The lowest BCUT2D eigenvalue weighted by atomic mass is 10.0. The standard InChI is InChI=1S/C27H21Cl2N5O3/c28-19-8-30-9-20(29)24(19)25-16(26(37-33-25)13-1-2-13)5-4-15-17-11-34(12-18(15)17)14-3-6-21-22(7-14)31-10-23(32-21)27(35)36/h3-10,13,15,17-18H,1-2,11-12H2,(H,35,36). The first kappa shape index (κ1) is 22.7. The Hall–Kier alpha value is -3.49. The van der Waals surface area contributed by atoms with Gasteiger partial charge in [0.05, 0.1) is 27.3 Å². The number of halogens is 2. The molecule has 3 aliphatic rings. The van der Waals surface area contributed by atoms with Crippen LogP contribution in [0.25, 0.3) is 28.4 Å². The number of piperidine rings is 1. The Balaban J connectivity index is 1.09. The van der Waals surface area contributed by atoms with E-state index in [1.54, 1.807) is 12.4 Å². The van der Waals surface area contributed by atoms with Gasteiger partial charge in [-0.1, -0.05) is 40.5 Å². The van der Waals surface area contributed by atoms with Crippen LogP contribution in [0.1, 0.15) is 40.6 Å². The van der Waals surface area contributed by atoms with Crippen molar-refractivity contribution in [1.82, 2.24) is 20.1 Å². The highest BCUT2D eigenvalue weighted by Crippen LogP contribution is 2.54. The smallest absolute Gasteiger partial charge is 0.356 e. The van der Waals surface area contributed by atoms with Crippen LogP contribution in [0.3, 0.4) is 0 Å². The van der Waals surface area contributed by atoms with Crippen LogP contribution in [-0.2, 0) is 0 Å². The van der Waals surface area contributed by atoms with Gasteiger partial charge in [-0.2, -0.15) is 0 Å². The number of pyridine rings is 1. The molecule has 2 saturated carbocycles. The number of carboxylic acid groups (broad SMARTS) is 1. The molecule has 1 aromatic carbocycles. The van der Waals surface area contributed by atoms with Crippen molar-refractivity contribution in [2.45, 2.75) is 18.8 Å². The van der Waals surface area contributed by atoms with Crippen molar-refractivity contribution >= 4 is 52.0 Å². The number of nitrogens with zero attached hydrogens (tertiary/aromatic N) is 5. The van der Waals surface area contributed by atoms with Gasteiger partial charge in [0.2, 0.25) is 0 Å². The maximum absolute atomic E-state index is 11.2. The summed E-state index contributed by atoms with van der Waals surface area (Å²) in [5.41, 5.74) is 4.61. The molecule has 10 heteroatoms. The molecule has 1 saturated heterocycles. The molecule has 0 radical (unpaired) electrons. The maximum atomic E-state index is 11.2. The number of hydrogen-bond donors (Lipinski definition) is 1. The molecule has 186 valence electrons. The highest BCUT2D eigenvalue weighted by molar-refractivity contribution is 6.39. The van der Waals surface area contributed by atoms with E-state index in [9.17, 15) is 4.79 Å². The Morgan fingerprint density at radius 2 is 1.84 bits per heavy atom. The van der Waals surface area contributed by atoms with Crippen LogP contribution in [0.5, 0.6) is 0 Å². The number of allylic oxidation sites excluding steroid dienone is 1. The quantitative estimate of drug-likeness (QED) is 0.323. The van der Waals surface area contributed by atoms with Crippen LogP contribution in [0.4, 0.5) is 5.69 Å². The molecule has 0 bridgehead atoms. The fourth-order valence-corrected chi connectivity index (χ4v) is 6.05. The van der Waals surface area contributed by atoms with Crippen molar-refractivity contribution in [1.29, 1.82) is 0 Å². The van der Waals surface area contributed by atoms with E-state index in [1.807, 2.05) is 18.2 Å². The number of anilines is 1. The molecular weight excluding hydrogens is 513 g/mol. The SMILES string of the molecule is O=C(O)c1cnc2cc(N3CC4C(C=Cc5c(-c6c(Cl)cncc6Cl)noc5C5CC5)C4C3)ccc2n1. The fourth-order valence-electron chi connectivity index (χ4n) is 5.50. The number of carbonyl (C=O) groups is 1. The van der Waals surface area contributed by atoms with Crippen molar-refractivity contribution in [2.24, 2.45) is 17.8 Å². The van der Waals surface area contributed by atoms with Gasteiger partial charge in [-0.15, -0.1) is 0 Å². The average molecular weight is 534 g/mol. The lowest BCUT2D eigenvalue weighted by Gasteiger charge is -2.21. The Morgan fingerprint density at radius 3 is 2.54 bits per heavy atom. The second-order valence-electron chi connectivity index (χ2n) is 9.96. The van der Waals surface area contributed by atoms with E-state index < -0.39 is 5.97 Å². The van der Waals surface area contributed by atoms with Gasteiger partial charge in [0, 0.05) is 48.2 Å². The molecule has 0 amide bonds. The maximum Gasteiger partial charge on any atom is 0.356 e. The Kier molecular flexibility index (Phi) is 5.23. The molecule has 7 rings (SSSR count). The minimum atomic E-state index is -1.08. The molecular formula is C27H21Cl2N5O3. The highest BCUT2D eigenvalue weighted by atomic mass is 35.5. The molecule has 37 heavy (non-hydrogen) atoms. The van der Waals surface area contributed by atoms with Crippen LogP contribution in [0, 0.1) is 17.8 Å². The molecule has 4 heterocycles. The summed E-state index contributed by atoms with van der Waals surface area (Å²) in [6.07, 6.45) is 11.1. The lowest BCUT2D eigenvalue weighted by Crippen LogP contribution is -2.23. The minimum absolute atomic E-state index is 0.0495. The van der Waals surface area contributed by atoms with E-state index in [2.05, 4.69) is 37.2 Å². The summed E-state index contributed by atoms with van der Waals surface area (Å²) in [5, 5.41) is 14.4. The summed E-state index contributed by atoms with van der Waals surface area (Å²) >= 11 is 12.9. The van der Waals surface area contributed by atoms with Gasteiger partial charge >= 0.3 is 5.97 Å². The van der Waals surface area contributed by atoms with E-state index in [1.165, 1.54) is 6.20 Å². The first-order valence-corrected chi connectivity index (χ1v) is 13.0. The number of benzene rings is 1. The number of rotatable bonds is 6. The van der Waals surface area contributed by atoms with Crippen LogP contribution < -0.4 is 4.90 Å². The third kappa shape index (κ3) is 3.95. The first-order chi connectivity index (χ1) is 18.0. The summed E-state index contributed by atoms with van der Waals surface area (Å²) in [5.74, 6) is 1.88. The molecule has 2 unspecified atom stereocenters. The number of carboxylic acids is 1. The zero-order valence-corrected chi connectivity index (χ0v) is 21.0. The van der Waals surface area contributed by atoms with Gasteiger partial charge < -0.3 is 14.5 Å². The third-order valence-corrected chi connectivity index (χ3v) is 8.22. The normalized spacial score (nSPS) is 22.6. The van der Waals surface area contributed by atoms with Gasteiger partial charge in [0.15, 0.2) is 5.69 Å². The Bertz CT molecular complexity index is 1570. The second kappa shape index (κ2) is 8.53. The number of aromatic carboxylic acids is 1. The first-order valence-electron chi connectivity index (χ1n) is 12.2. The molecule has 8 nitrogen and oxygen atoms in total. The van der Waals surface area contributed by atoms with E-state index in [0.717, 1.165) is 42.9 Å². The van der Waals surface area contributed by atoms with Crippen molar-refractivity contribution < 1.29 is 14.4 Å². The van der Waals surface area contributed by atoms with Crippen molar-refractivity contribution in [3.63, 3.8) is 0 Å². The number of aromatic nitrogens is 4. The predicted octanol–water partition coefficient (Wildman–Crippen LogP) is 5.96. The predicted molar refractivity (Wildman–Crippen MR) is 140 cm³/mol. The summed E-state index contributed by atoms with van der Waals surface area (Å²) in [6.45, 7) is 1.92. The monoisotopic (exact) mass is 533 g/mol. The molecule has 2 aliphatic carbocycles. The minimum Gasteiger partial charge on any atom is -0.476 e. The van der Waals surface area contributed by atoms with Crippen molar-refractivity contribution in [3.05, 3.63) is 69.9 Å². The molecule has 0 spiro atoms. The van der Waals surface area contributed by atoms with Crippen LogP contribution in [0.15, 0.2) is 47.4 Å². The Labute approximate surface area is 221 Å². The van der Waals surface area contributed by atoms with Crippen LogP contribution >= 0.6 is 23.2 Å². The largest absolute Gasteiger partial charge is 0.476 e. The van der Waals surface area contributed by atoms with Gasteiger partial charge in [-0.3, -0.25) is 9.97 Å². The molecule has 3 fully saturated rings. The van der Waals surface area contributed by atoms with Gasteiger partial charge in [-0.05, 0) is 48.8 Å². The molecule has 4 aromatic rings. The Morgan fingerprint density at radius 1 is 1.08 bits per heavy atom. The summed E-state index contributed by atoms with van der Waals surface area (Å²) in [4.78, 5) is 26.0. The fraction of sp³-hybridized carbons (Fsp3) is 0.296. The van der Waals surface area contributed by atoms with E-state index in [0.29, 0.717) is 56.0 Å². The van der Waals surface area contributed by atoms with Crippen molar-refractivity contribution in [2.75, 3.05) is 18.0 Å². The summed E-state index contributed by atoms with van der Waals surface area (Å²) in [7, 11) is 0. The van der Waals surface area contributed by atoms with E-state index >= 15 is 0 Å². The molecule has 3 aromatic heterocycles. The van der Waals surface area contributed by atoms with Gasteiger partial charge in [0.25, 0.3) is 0 Å². The molecule has 1 N–H and O–H groups in total. The molecule has 2 atom stereocenters. The van der Waals surface area contributed by atoms with E-state index in [-0.39, 0.29) is 5.69 Å². The lowest BCUT2D eigenvalue weighted by molar-refractivity contribution is 0.0690. The van der Waals surface area contributed by atoms with Crippen molar-refractivity contribution in [3.8, 4) is 11.3 Å². The topological polar surface area (TPSA) is 105 Å². The van der Waals surface area contributed by atoms with E-state index in [4.69, 9.17) is 32.8 Å². The van der Waals surface area contributed by atoms with Gasteiger partial charge in [0.1, 0.15) is 11.5 Å². The number of fused-ring (bicyclic) bond motifs is 2. The third-order valence-electron chi connectivity index (χ3n) is 7.65. The molecule has 1 aliphatic heterocycles. The number of hydrogen-bond acceptors (Lipinski definition) is 7. The second-order valence-corrected chi connectivity index (χ2v) is 10.8. The average Bonchev–Trinajstić information content (AvgIpc) is 3.75.